The van der Waals surface area contributed by atoms with Crippen LogP contribution in [0.25, 0.3) is 0 Å². The van der Waals surface area contributed by atoms with E-state index < -0.39 is 18.1 Å². The molecule has 0 aromatic rings. The average molecular weight is 280 g/mol. The highest BCUT2D eigenvalue weighted by molar-refractivity contribution is 5.82. The number of amides is 1. The summed E-state index contributed by atoms with van der Waals surface area (Å²) in [6.07, 6.45) is -3.11. The number of hydrogen-bond acceptors (Lipinski definition) is 2. The number of nitrogens with zero attached hydrogens (tertiary/aromatic N) is 1. The molecule has 1 saturated heterocycles. The number of carbonyl (C=O) groups excluding carboxylic acids is 1. The highest BCUT2D eigenvalue weighted by Crippen LogP contribution is 2.32. The van der Waals surface area contributed by atoms with Crippen LogP contribution in [-0.4, -0.2) is 42.2 Å². The van der Waals surface area contributed by atoms with Crippen LogP contribution in [0.1, 0.15) is 40.0 Å². The predicted molar refractivity (Wildman–Crippen MR) is 67.7 cm³/mol. The summed E-state index contributed by atoms with van der Waals surface area (Å²) >= 11 is 0. The molecule has 112 valence electrons. The number of rotatable bonds is 3. The van der Waals surface area contributed by atoms with Gasteiger partial charge in [0.1, 0.15) is 0 Å². The van der Waals surface area contributed by atoms with E-state index in [0.717, 1.165) is 6.42 Å². The largest absolute Gasteiger partial charge is 0.393 e. The fourth-order valence-electron chi connectivity index (χ4n) is 2.12. The first-order valence-electron chi connectivity index (χ1n) is 6.67. The third kappa shape index (κ3) is 3.84. The zero-order valence-corrected chi connectivity index (χ0v) is 12.0. The maximum Gasteiger partial charge on any atom is 0.393 e. The molecule has 1 aliphatic heterocycles. The van der Waals surface area contributed by atoms with Crippen LogP contribution in [0.4, 0.5) is 13.2 Å². The van der Waals surface area contributed by atoms with Crippen LogP contribution in [0.2, 0.25) is 0 Å². The Morgan fingerprint density at radius 2 is 1.89 bits per heavy atom. The molecule has 6 heteroatoms. The maximum absolute atomic E-state index is 12.5. The lowest BCUT2D eigenvalue weighted by molar-refractivity contribution is -0.181. The van der Waals surface area contributed by atoms with E-state index in [1.54, 1.807) is 11.9 Å². The second kappa shape index (κ2) is 5.69. The monoisotopic (exact) mass is 280 g/mol. The van der Waals surface area contributed by atoms with E-state index in [9.17, 15) is 18.0 Å². The van der Waals surface area contributed by atoms with Crippen molar-refractivity contribution in [2.24, 2.45) is 5.92 Å². The highest BCUT2D eigenvalue weighted by Gasteiger charge is 2.43. The predicted octanol–water partition coefficient (Wildman–Crippen LogP) is 2.56. The fourth-order valence-corrected chi connectivity index (χ4v) is 2.12. The summed E-state index contributed by atoms with van der Waals surface area (Å²) in [6.45, 7) is 5.72. The molecule has 0 aromatic heterocycles. The van der Waals surface area contributed by atoms with E-state index in [1.165, 1.54) is 0 Å². The summed E-state index contributed by atoms with van der Waals surface area (Å²) in [5, 5.41) is 2.74. The standard InChI is InChI=1S/C13H23F3N2O/c1-5-12(2,3)18(4)11(19)10-7-6-9(8-17-10)13(14,15)16/h9-10,17H,5-8H2,1-4H3. The summed E-state index contributed by atoms with van der Waals surface area (Å²) < 4.78 is 37.6. The minimum atomic E-state index is -4.17. The smallest absolute Gasteiger partial charge is 0.339 e. The zero-order valence-electron chi connectivity index (χ0n) is 12.0. The Kier molecular flexibility index (Phi) is 4.87. The summed E-state index contributed by atoms with van der Waals surface area (Å²) in [7, 11) is 1.71. The molecule has 1 N–H and O–H groups in total. The molecule has 3 nitrogen and oxygen atoms in total. The highest BCUT2D eigenvalue weighted by atomic mass is 19.4. The van der Waals surface area contributed by atoms with Gasteiger partial charge in [-0.05, 0) is 33.1 Å². The molecule has 0 radical (unpaired) electrons. The summed E-state index contributed by atoms with van der Waals surface area (Å²) in [5.74, 6) is -1.45. The van der Waals surface area contributed by atoms with Crippen molar-refractivity contribution in [3.05, 3.63) is 0 Å². The normalized spacial score (nSPS) is 25.2. The zero-order chi connectivity index (χ0) is 14.8. The molecule has 0 spiro atoms. The first-order valence-corrected chi connectivity index (χ1v) is 6.67. The second-order valence-corrected chi connectivity index (χ2v) is 5.84. The van der Waals surface area contributed by atoms with Crippen molar-refractivity contribution < 1.29 is 18.0 Å². The van der Waals surface area contributed by atoms with Crippen LogP contribution in [0.3, 0.4) is 0 Å². The van der Waals surface area contributed by atoms with Gasteiger partial charge in [-0.1, -0.05) is 6.92 Å². The Morgan fingerprint density at radius 3 is 2.26 bits per heavy atom. The van der Waals surface area contributed by atoms with Gasteiger partial charge in [-0.3, -0.25) is 4.79 Å². The van der Waals surface area contributed by atoms with Gasteiger partial charge in [0.25, 0.3) is 0 Å². The minimum Gasteiger partial charge on any atom is -0.339 e. The van der Waals surface area contributed by atoms with E-state index in [2.05, 4.69) is 5.32 Å². The van der Waals surface area contributed by atoms with E-state index in [4.69, 9.17) is 0 Å². The summed E-state index contributed by atoms with van der Waals surface area (Å²) in [5.41, 5.74) is -0.278. The van der Waals surface area contributed by atoms with E-state index in [0.29, 0.717) is 0 Å². The van der Waals surface area contributed by atoms with Crippen LogP contribution in [-0.2, 0) is 4.79 Å². The van der Waals surface area contributed by atoms with Gasteiger partial charge >= 0.3 is 6.18 Å². The number of halogens is 3. The summed E-state index contributed by atoms with van der Waals surface area (Å²) in [4.78, 5) is 13.9. The molecule has 1 rings (SSSR count). The minimum absolute atomic E-state index is 0.0211. The third-order valence-electron chi connectivity index (χ3n) is 4.28. The van der Waals surface area contributed by atoms with Gasteiger partial charge in [0.15, 0.2) is 0 Å². The molecule has 2 unspecified atom stereocenters. The van der Waals surface area contributed by atoms with Crippen molar-refractivity contribution in [3.8, 4) is 0 Å². The van der Waals surface area contributed by atoms with Crippen LogP contribution >= 0.6 is 0 Å². The van der Waals surface area contributed by atoms with Crippen molar-refractivity contribution in [2.75, 3.05) is 13.6 Å². The fraction of sp³-hybridized carbons (Fsp3) is 0.923. The molecule has 19 heavy (non-hydrogen) atoms. The van der Waals surface area contributed by atoms with Crippen LogP contribution < -0.4 is 5.32 Å². The first-order chi connectivity index (χ1) is 8.59. The van der Waals surface area contributed by atoms with Crippen LogP contribution in [0.5, 0.6) is 0 Å². The molecule has 0 bridgehead atoms. The Hall–Kier alpha value is -0.780. The van der Waals surface area contributed by atoms with E-state index in [-0.39, 0.29) is 30.8 Å². The number of alkyl halides is 3. The molecular weight excluding hydrogens is 257 g/mol. The Bertz CT molecular complexity index is 320. The lowest BCUT2D eigenvalue weighted by Gasteiger charge is -2.39. The second-order valence-electron chi connectivity index (χ2n) is 5.84. The molecule has 1 aliphatic rings. The number of hydrogen-bond donors (Lipinski definition) is 1. The van der Waals surface area contributed by atoms with Gasteiger partial charge in [-0.2, -0.15) is 13.2 Å². The Labute approximate surface area is 112 Å². The van der Waals surface area contributed by atoms with Gasteiger partial charge in [0, 0.05) is 19.1 Å². The number of carbonyl (C=O) groups is 1. The SMILES string of the molecule is CCC(C)(C)N(C)C(=O)C1CCC(C(F)(F)F)CN1. The number of nitrogens with one attached hydrogen (secondary N) is 1. The number of piperidine rings is 1. The van der Waals surface area contributed by atoms with Crippen LogP contribution in [0.15, 0.2) is 0 Å². The Morgan fingerprint density at radius 1 is 1.32 bits per heavy atom. The lowest BCUT2D eigenvalue weighted by atomic mass is 9.92. The van der Waals surface area contributed by atoms with Crippen LogP contribution in [0, 0.1) is 5.92 Å². The van der Waals surface area contributed by atoms with Gasteiger partial charge in [0.05, 0.1) is 12.0 Å². The van der Waals surface area contributed by atoms with Crippen molar-refractivity contribution in [2.45, 2.75) is 57.8 Å². The van der Waals surface area contributed by atoms with Gasteiger partial charge in [-0.25, -0.2) is 0 Å². The van der Waals surface area contributed by atoms with Crippen molar-refractivity contribution in [1.29, 1.82) is 0 Å². The Balaban J connectivity index is 2.59. The van der Waals surface area contributed by atoms with E-state index >= 15 is 0 Å². The van der Waals surface area contributed by atoms with Gasteiger partial charge < -0.3 is 10.2 Å². The third-order valence-corrected chi connectivity index (χ3v) is 4.28. The molecule has 0 aromatic carbocycles. The topological polar surface area (TPSA) is 32.3 Å². The first kappa shape index (κ1) is 16.3. The average Bonchev–Trinajstić information content (AvgIpc) is 2.36. The molecule has 0 saturated carbocycles. The summed E-state index contributed by atoms with van der Waals surface area (Å²) in [6, 6.07) is -0.491. The maximum atomic E-state index is 12.5. The quantitative estimate of drug-likeness (QED) is 0.861. The molecule has 2 atom stereocenters. The molecule has 1 heterocycles. The molecular formula is C13H23F3N2O. The van der Waals surface area contributed by atoms with E-state index in [1.807, 2.05) is 20.8 Å². The van der Waals surface area contributed by atoms with Crippen molar-refractivity contribution in [3.63, 3.8) is 0 Å². The lowest BCUT2D eigenvalue weighted by Crippen LogP contribution is -2.55. The molecule has 0 aliphatic carbocycles. The number of likely N-dealkylation sites (N-methyl/N-ethyl adjacent to an activating group) is 1. The van der Waals surface area contributed by atoms with Crippen molar-refractivity contribution in [1.82, 2.24) is 10.2 Å². The van der Waals surface area contributed by atoms with Gasteiger partial charge in [0.2, 0.25) is 5.91 Å². The van der Waals surface area contributed by atoms with Crippen molar-refractivity contribution >= 4 is 5.91 Å². The molecule has 1 fully saturated rings. The molecule has 1 amide bonds. The van der Waals surface area contributed by atoms with Gasteiger partial charge in [-0.15, -0.1) is 0 Å².